The number of unbranched alkanes of at least 4 members (excludes halogenated alkanes) is 1. The third-order valence-corrected chi connectivity index (χ3v) is 8.65. The lowest BCUT2D eigenvalue weighted by Crippen LogP contribution is -2.40. The van der Waals surface area contributed by atoms with Gasteiger partial charge in [-0.05, 0) is 55.1 Å². The molecule has 3 heteroatoms. The largest absolute Gasteiger partial charge is 0.417 e. The smallest absolute Gasteiger partial charge is 0.191 e. The van der Waals surface area contributed by atoms with E-state index in [9.17, 15) is 0 Å². The minimum atomic E-state index is -1.56. The maximum atomic E-state index is 6.17. The van der Waals surface area contributed by atoms with E-state index in [2.05, 4.69) is 46.0 Å². The van der Waals surface area contributed by atoms with Crippen molar-refractivity contribution in [3.63, 3.8) is 0 Å². The first-order chi connectivity index (χ1) is 8.72. The number of hydrogen-bond acceptors (Lipinski definition) is 2. The van der Waals surface area contributed by atoms with Crippen LogP contribution in [0, 0.1) is 0 Å². The van der Waals surface area contributed by atoms with Crippen LogP contribution in [0.1, 0.15) is 39.2 Å². The maximum absolute atomic E-state index is 6.17. The fraction of sp³-hybridized carbons (Fsp3) is 0.625. The Bertz CT molecular complexity index is 379. The first-order valence-corrected chi connectivity index (χ1v) is 10.1. The zero-order valence-corrected chi connectivity index (χ0v) is 14.1. The van der Waals surface area contributed by atoms with Gasteiger partial charge in [-0.15, -0.1) is 0 Å². The van der Waals surface area contributed by atoms with Gasteiger partial charge in [-0.2, -0.15) is 0 Å². The summed E-state index contributed by atoms with van der Waals surface area (Å²) >= 11 is 0. The number of hydrogen-bond donors (Lipinski definition) is 1. The summed E-state index contributed by atoms with van der Waals surface area (Å²) in [7, 11) is -1.56. The predicted molar refractivity (Wildman–Crippen MR) is 86.9 cm³/mol. The van der Waals surface area contributed by atoms with E-state index in [-0.39, 0.29) is 0 Å². The number of nitrogens with two attached hydrogens (primary N) is 1. The lowest BCUT2D eigenvalue weighted by molar-refractivity contribution is 0.279. The van der Waals surface area contributed by atoms with Crippen LogP contribution in [0.15, 0.2) is 24.3 Å². The van der Waals surface area contributed by atoms with E-state index < -0.39 is 8.32 Å². The van der Waals surface area contributed by atoms with Gasteiger partial charge in [0.15, 0.2) is 8.32 Å². The van der Waals surface area contributed by atoms with Gasteiger partial charge in [0, 0.05) is 12.3 Å². The Kier molecular flexibility index (Phi) is 5.62. The van der Waals surface area contributed by atoms with Gasteiger partial charge >= 0.3 is 0 Å². The van der Waals surface area contributed by atoms with Crippen LogP contribution in [-0.4, -0.2) is 14.9 Å². The van der Waals surface area contributed by atoms with Gasteiger partial charge in [-0.1, -0.05) is 32.9 Å². The Morgan fingerprint density at radius 2 is 1.63 bits per heavy atom. The molecule has 0 atom stereocenters. The summed E-state index contributed by atoms with van der Waals surface area (Å²) in [6, 6.07) is 8.18. The molecule has 0 aromatic heterocycles. The molecule has 0 spiro atoms. The van der Waals surface area contributed by atoms with Crippen LogP contribution in [0.25, 0.3) is 0 Å². The molecule has 0 bridgehead atoms. The van der Waals surface area contributed by atoms with Gasteiger partial charge in [0.05, 0.1) is 0 Å². The van der Waals surface area contributed by atoms with Crippen molar-refractivity contribution in [1.29, 1.82) is 0 Å². The molecular formula is C16H29NOSi. The molecule has 0 saturated carbocycles. The number of benzene rings is 1. The molecule has 19 heavy (non-hydrogen) atoms. The number of nitrogen functional groups attached to an aromatic ring is 1. The monoisotopic (exact) mass is 279 g/mol. The van der Waals surface area contributed by atoms with Gasteiger partial charge in [0.1, 0.15) is 0 Å². The molecule has 0 radical (unpaired) electrons. The zero-order valence-electron chi connectivity index (χ0n) is 13.1. The third-order valence-electron chi connectivity index (χ3n) is 4.11. The maximum Gasteiger partial charge on any atom is 0.191 e. The highest BCUT2D eigenvalue weighted by molar-refractivity contribution is 6.74. The molecule has 0 unspecified atom stereocenters. The Morgan fingerprint density at radius 1 is 1.05 bits per heavy atom. The normalized spacial score (nSPS) is 12.7. The molecule has 0 aliphatic carbocycles. The first kappa shape index (κ1) is 16.3. The Labute approximate surface area is 119 Å². The molecule has 0 amide bonds. The van der Waals surface area contributed by atoms with E-state index in [4.69, 9.17) is 10.2 Å². The first-order valence-electron chi connectivity index (χ1n) is 7.21. The second-order valence-corrected chi connectivity index (χ2v) is 11.6. The molecule has 2 N–H and O–H groups in total. The molecule has 0 aliphatic heterocycles. The van der Waals surface area contributed by atoms with Crippen molar-refractivity contribution in [1.82, 2.24) is 0 Å². The topological polar surface area (TPSA) is 35.2 Å². The van der Waals surface area contributed by atoms with E-state index in [0.29, 0.717) is 5.04 Å². The quantitative estimate of drug-likeness (QED) is 0.469. The lowest BCUT2D eigenvalue weighted by Gasteiger charge is -2.36. The molecule has 0 fully saturated rings. The highest BCUT2D eigenvalue weighted by Gasteiger charge is 2.36. The molecular weight excluding hydrogens is 250 g/mol. The SMILES string of the molecule is CC(C)(C)[Si](C)(C)OCCCCc1ccc(N)cc1. The van der Waals surface area contributed by atoms with E-state index in [1.165, 1.54) is 12.0 Å². The van der Waals surface area contributed by atoms with Crippen molar-refractivity contribution in [3.8, 4) is 0 Å². The minimum absolute atomic E-state index is 0.309. The van der Waals surface area contributed by atoms with Crippen LogP contribution >= 0.6 is 0 Å². The summed E-state index contributed by atoms with van der Waals surface area (Å²) in [4.78, 5) is 0. The molecule has 1 aromatic rings. The highest BCUT2D eigenvalue weighted by atomic mass is 28.4. The van der Waals surface area contributed by atoms with Gasteiger partial charge in [-0.3, -0.25) is 0 Å². The fourth-order valence-electron chi connectivity index (χ4n) is 1.66. The Morgan fingerprint density at radius 3 is 2.16 bits per heavy atom. The Hall–Kier alpha value is -0.803. The summed E-state index contributed by atoms with van der Waals surface area (Å²) < 4.78 is 6.17. The molecule has 0 aliphatic rings. The van der Waals surface area contributed by atoms with E-state index >= 15 is 0 Å². The van der Waals surface area contributed by atoms with Crippen LogP contribution in [0.4, 0.5) is 5.69 Å². The fourth-order valence-corrected chi connectivity index (χ4v) is 2.75. The molecule has 108 valence electrons. The van der Waals surface area contributed by atoms with Crippen molar-refractivity contribution in [2.45, 2.75) is 58.2 Å². The van der Waals surface area contributed by atoms with Crippen LogP contribution in [0.5, 0.6) is 0 Å². The standard InChI is InChI=1S/C16H29NOSi/c1-16(2,3)19(4,5)18-13-7-6-8-14-9-11-15(17)12-10-14/h9-12H,6-8,13,17H2,1-5H3. The van der Waals surface area contributed by atoms with Crippen LogP contribution < -0.4 is 5.73 Å². The average Bonchev–Trinajstić information content (AvgIpc) is 2.29. The van der Waals surface area contributed by atoms with Crippen LogP contribution in [-0.2, 0) is 10.8 Å². The lowest BCUT2D eigenvalue weighted by atomic mass is 10.1. The molecule has 2 nitrogen and oxygen atoms in total. The third kappa shape index (κ3) is 5.37. The average molecular weight is 279 g/mol. The Balaban J connectivity index is 2.23. The number of rotatable bonds is 6. The summed E-state index contributed by atoms with van der Waals surface area (Å²) in [5.41, 5.74) is 7.88. The van der Waals surface area contributed by atoms with E-state index in [0.717, 1.165) is 25.1 Å². The number of anilines is 1. The van der Waals surface area contributed by atoms with Crippen molar-refractivity contribution >= 4 is 14.0 Å². The molecule has 1 rings (SSSR count). The van der Waals surface area contributed by atoms with Crippen molar-refractivity contribution in [2.24, 2.45) is 0 Å². The van der Waals surface area contributed by atoms with Gasteiger partial charge in [0.2, 0.25) is 0 Å². The van der Waals surface area contributed by atoms with Crippen molar-refractivity contribution < 1.29 is 4.43 Å². The van der Waals surface area contributed by atoms with E-state index in [1.807, 2.05) is 12.1 Å². The van der Waals surface area contributed by atoms with Crippen molar-refractivity contribution in [2.75, 3.05) is 12.3 Å². The van der Waals surface area contributed by atoms with Gasteiger partial charge in [-0.25, -0.2) is 0 Å². The molecule has 0 saturated heterocycles. The predicted octanol–water partition coefficient (Wildman–Crippen LogP) is 4.61. The van der Waals surface area contributed by atoms with E-state index in [1.54, 1.807) is 0 Å². The van der Waals surface area contributed by atoms with Gasteiger partial charge in [0.25, 0.3) is 0 Å². The highest BCUT2D eigenvalue weighted by Crippen LogP contribution is 2.36. The summed E-state index contributed by atoms with van der Waals surface area (Å²) in [6.45, 7) is 12.4. The molecule has 1 aromatic carbocycles. The van der Waals surface area contributed by atoms with Crippen LogP contribution in [0.3, 0.4) is 0 Å². The second-order valence-electron chi connectivity index (χ2n) is 6.81. The number of aryl methyl sites for hydroxylation is 1. The zero-order chi connectivity index (χ0) is 14.5. The van der Waals surface area contributed by atoms with Crippen molar-refractivity contribution in [3.05, 3.63) is 29.8 Å². The van der Waals surface area contributed by atoms with Crippen LogP contribution in [0.2, 0.25) is 18.1 Å². The van der Waals surface area contributed by atoms with Gasteiger partial charge < -0.3 is 10.2 Å². The second kappa shape index (κ2) is 6.57. The summed E-state index contributed by atoms with van der Waals surface area (Å²) in [5.74, 6) is 0. The summed E-state index contributed by atoms with van der Waals surface area (Å²) in [6.07, 6.45) is 3.43. The minimum Gasteiger partial charge on any atom is -0.417 e. The molecule has 0 heterocycles. The summed E-state index contributed by atoms with van der Waals surface area (Å²) in [5, 5.41) is 0.309.